The van der Waals surface area contributed by atoms with Gasteiger partial charge in [0.1, 0.15) is 0 Å². The Morgan fingerprint density at radius 2 is 2.12 bits per heavy atom. The minimum absolute atomic E-state index is 0.602. The summed E-state index contributed by atoms with van der Waals surface area (Å²) in [6, 6.07) is 4.68. The van der Waals surface area contributed by atoms with Crippen molar-refractivity contribution >= 4 is 5.82 Å². The molecule has 0 aliphatic carbocycles. The highest BCUT2D eigenvalue weighted by Gasteiger charge is 2.38. The minimum Gasteiger partial charge on any atom is -0.354 e. The van der Waals surface area contributed by atoms with Crippen LogP contribution in [0.1, 0.15) is 12.6 Å². The highest BCUT2D eigenvalue weighted by molar-refractivity contribution is 5.41. The summed E-state index contributed by atoms with van der Waals surface area (Å²) >= 11 is 0. The molecule has 1 aromatic rings. The van der Waals surface area contributed by atoms with Crippen molar-refractivity contribution in [2.75, 3.05) is 24.5 Å². The second-order valence-electron chi connectivity index (χ2n) is 5.23. The number of hydrogen-bond donors (Lipinski definition) is 2. The topological polar surface area (TPSA) is 53.1 Å². The predicted molar refractivity (Wildman–Crippen MR) is 66.6 cm³/mol. The maximum absolute atomic E-state index is 4.22. The van der Waals surface area contributed by atoms with Crippen molar-refractivity contribution in [2.24, 2.45) is 11.8 Å². The highest BCUT2D eigenvalue weighted by atomic mass is 15.4. The molecule has 2 fully saturated rings. The van der Waals surface area contributed by atoms with Gasteiger partial charge in [-0.25, -0.2) is 0 Å². The largest absolute Gasteiger partial charge is 0.354 e. The molecule has 2 N–H and O–H groups in total. The van der Waals surface area contributed by atoms with E-state index in [2.05, 4.69) is 38.9 Å². The lowest BCUT2D eigenvalue weighted by molar-refractivity contribution is 0.273. The van der Waals surface area contributed by atoms with E-state index in [1.165, 1.54) is 0 Å². The van der Waals surface area contributed by atoms with Gasteiger partial charge in [-0.3, -0.25) is 10.9 Å². The number of aromatic nitrogens is 2. The Labute approximate surface area is 102 Å². The van der Waals surface area contributed by atoms with E-state index >= 15 is 0 Å². The van der Waals surface area contributed by atoms with Crippen molar-refractivity contribution in [3.63, 3.8) is 0 Å². The van der Waals surface area contributed by atoms with E-state index in [9.17, 15) is 0 Å². The summed E-state index contributed by atoms with van der Waals surface area (Å²) < 4.78 is 0. The molecule has 0 aromatic carbocycles. The Kier molecular flexibility index (Phi) is 2.72. The lowest BCUT2D eigenvalue weighted by Crippen LogP contribution is -2.56. The average Bonchev–Trinajstić information content (AvgIpc) is 2.66. The fourth-order valence-corrected chi connectivity index (χ4v) is 2.68. The Balaban J connectivity index is 1.59. The molecule has 5 heteroatoms. The van der Waals surface area contributed by atoms with Crippen LogP contribution < -0.4 is 15.8 Å². The Bertz CT molecular complexity index is 384. The molecule has 2 unspecified atom stereocenters. The van der Waals surface area contributed by atoms with Gasteiger partial charge in [0.15, 0.2) is 5.82 Å². The van der Waals surface area contributed by atoms with E-state index < -0.39 is 0 Å². The fourth-order valence-electron chi connectivity index (χ4n) is 2.68. The summed E-state index contributed by atoms with van der Waals surface area (Å²) in [5.41, 5.74) is 7.59. The second kappa shape index (κ2) is 4.23. The number of nitrogens with one attached hydrogen (secondary N) is 2. The quantitative estimate of drug-likeness (QED) is 0.771. The molecule has 0 radical (unpaired) electrons. The number of hydrazine groups is 1. The second-order valence-corrected chi connectivity index (χ2v) is 5.23. The fraction of sp³-hybridized carbons (Fsp3) is 0.667. The van der Waals surface area contributed by atoms with Gasteiger partial charge in [0.2, 0.25) is 0 Å². The zero-order valence-electron chi connectivity index (χ0n) is 10.3. The van der Waals surface area contributed by atoms with Crippen LogP contribution in [0, 0.1) is 18.8 Å². The van der Waals surface area contributed by atoms with Crippen molar-refractivity contribution in [3.8, 4) is 0 Å². The molecule has 2 aliphatic heterocycles. The number of aryl methyl sites for hydroxylation is 1. The molecule has 0 saturated carbocycles. The Morgan fingerprint density at radius 3 is 2.71 bits per heavy atom. The van der Waals surface area contributed by atoms with Crippen molar-refractivity contribution in [3.05, 3.63) is 17.8 Å². The molecule has 2 saturated heterocycles. The molecule has 0 bridgehead atoms. The maximum Gasteiger partial charge on any atom is 0.151 e. The van der Waals surface area contributed by atoms with E-state index in [0.29, 0.717) is 12.0 Å². The SMILES string of the molecule is Cc1ccc(N2CC(C3NNCC3C)C2)nn1. The van der Waals surface area contributed by atoms with E-state index in [1.54, 1.807) is 0 Å². The van der Waals surface area contributed by atoms with Crippen LogP contribution in [0.5, 0.6) is 0 Å². The van der Waals surface area contributed by atoms with Crippen LogP contribution in [0.25, 0.3) is 0 Å². The minimum atomic E-state index is 0.602. The van der Waals surface area contributed by atoms with Crippen LogP contribution in [0.4, 0.5) is 5.82 Å². The normalized spacial score (nSPS) is 29.4. The molecule has 92 valence electrons. The highest BCUT2D eigenvalue weighted by Crippen LogP contribution is 2.28. The van der Waals surface area contributed by atoms with Gasteiger partial charge in [-0.05, 0) is 25.0 Å². The maximum atomic E-state index is 4.22. The first kappa shape index (κ1) is 10.9. The van der Waals surface area contributed by atoms with Gasteiger partial charge in [-0.15, -0.1) is 5.10 Å². The summed E-state index contributed by atoms with van der Waals surface area (Å²) in [4.78, 5) is 2.30. The van der Waals surface area contributed by atoms with Crippen LogP contribution in [0.15, 0.2) is 12.1 Å². The van der Waals surface area contributed by atoms with Crippen molar-refractivity contribution in [1.29, 1.82) is 0 Å². The molecule has 2 aliphatic rings. The van der Waals surface area contributed by atoms with Crippen LogP contribution in [0.3, 0.4) is 0 Å². The van der Waals surface area contributed by atoms with Crippen molar-refractivity contribution in [2.45, 2.75) is 19.9 Å². The zero-order chi connectivity index (χ0) is 11.8. The summed E-state index contributed by atoms with van der Waals surface area (Å²) in [7, 11) is 0. The number of anilines is 1. The molecule has 0 amide bonds. The molecule has 0 spiro atoms. The van der Waals surface area contributed by atoms with Gasteiger partial charge in [0, 0.05) is 31.6 Å². The third-order valence-electron chi connectivity index (χ3n) is 3.83. The van der Waals surface area contributed by atoms with Crippen LogP contribution in [-0.2, 0) is 0 Å². The van der Waals surface area contributed by atoms with E-state index in [-0.39, 0.29) is 0 Å². The summed E-state index contributed by atoms with van der Waals surface area (Å²) in [5.74, 6) is 2.44. The average molecular weight is 233 g/mol. The first-order valence-corrected chi connectivity index (χ1v) is 6.27. The monoisotopic (exact) mass is 233 g/mol. The molecule has 3 heterocycles. The lowest BCUT2D eigenvalue weighted by Gasteiger charge is -2.43. The first-order valence-electron chi connectivity index (χ1n) is 6.27. The number of hydrogen-bond acceptors (Lipinski definition) is 5. The summed E-state index contributed by atoms with van der Waals surface area (Å²) in [5, 5.41) is 8.32. The zero-order valence-corrected chi connectivity index (χ0v) is 10.3. The van der Waals surface area contributed by atoms with Crippen LogP contribution in [-0.4, -0.2) is 35.9 Å². The molecule has 1 aromatic heterocycles. The molecule has 3 rings (SSSR count). The van der Waals surface area contributed by atoms with Crippen LogP contribution >= 0.6 is 0 Å². The van der Waals surface area contributed by atoms with E-state index in [4.69, 9.17) is 0 Å². The summed E-state index contributed by atoms with van der Waals surface area (Å²) in [6.07, 6.45) is 0. The summed E-state index contributed by atoms with van der Waals surface area (Å²) in [6.45, 7) is 7.51. The Morgan fingerprint density at radius 1 is 1.29 bits per heavy atom. The predicted octanol–water partition coefficient (Wildman–Crippen LogP) is 0.334. The van der Waals surface area contributed by atoms with Gasteiger partial charge in [0.25, 0.3) is 0 Å². The van der Waals surface area contributed by atoms with Crippen molar-refractivity contribution in [1.82, 2.24) is 21.0 Å². The van der Waals surface area contributed by atoms with Gasteiger partial charge in [0.05, 0.1) is 5.69 Å². The van der Waals surface area contributed by atoms with Crippen LogP contribution in [0.2, 0.25) is 0 Å². The molecule has 5 nitrogen and oxygen atoms in total. The third kappa shape index (κ3) is 2.00. The molecular formula is C12H19N5. The van der Waals surface area contributed by atoms with Gasteiger partial charge < -0.3 is 4.90 Å². The number of rotatable bonds is 2. The van der Waals surface area contributed by atoms with E-state index in [0.717, 1.165) is 37.1 Å². The lowest BCUT2D eigenvalue weighted by atomic mass is 9.85. The molecule has 2 atom stereocenters. The van der Waals surface area contributed by atoms with Crippen molar-refractivity contribution < 1.29 is 0 Å². The smallest absolute Gasteiger partial charge is 0.151 e. The Hall–Kier alpha value is -1.20. The van der Waals surface area contributed by atoms with Gasteiger partial charge in [-0.1, -0.05) is 6.92 Å². The van der Waals surface area contributed by atoms with Gasteiger partial charge >= 0.3 is 0 Å². The van der Waals surface area contributed by atoms with E-state index in [1.807, 2.05) is 13.0 Å². The first-order chi connectivity index (χ1) is 8.24. The molecular weight excluding hydrogens is 214 g/mol. The van der Waals surface area contributed by atoms with Gasteiger partial charge in [-0.2, -0.15) is 5.10 Å². The standard InChI is InChI=1S/C12H19N5/c1-8-5-13-16-12(8)10-6-17(7-10)11-4-3-9(2)14-15-11/h3-4,8,10,12-13,16H,5-7H2,1-2H3. The molecule has 17 heavy (non-hydrogen) atoms. The number of nitrogens with zero attached hydrogens (tertiary/aromatic N) is 3. The third-order valence-corrected chi connectivity index (χ3v) is 3.83.